The van der Waals surface area contributed by atoms with Gasteiger partial charge < -0.3 is 5.32 Å². The van der Waals surface area contributed by atoms with Crippen LogP contribution in [-0.2, 0) is 6.54 Å². The Labute approximate surface area is 85.6 Å². The molecule has 0 aliphatic rings. The van der Waals surface area contributed by atoms with Crippen LogP contribution in [0.2, 0.25) is 0 Å². The van der Waals surface area contributed by atoms with Crippen LogP contribution in [-0.4, -0.2) is 6.54 Å². The Balaban J connectivity index is 2.29. The van der Waals surface area contributed by atoms with Crippen LogP contribution in [0.3, 0.4) is 0 Å². The van der Waals surface area contributed by atoms with Gasteiger partial charge >= 0.3 is 0 Å². The van der Waals surface area contributed by atoms with E-state index in [0.717, 1.165) is 17.6 Å². The molecule has 0 bridgehead atoms. The summed E-state index contributed by atoms with van der Waals surface area (Å²) in [5.41, 5.74) is 0. The Morgan fingerprint density at radius 1 is 1.67 bits per heavy atom. The van der Waals surface area contributed by atoms with E-state index in [2.05, 4.69) is 46.9 Å². The van der Waals surface area contributed by atoms with Crippen LogP contribution in [0.1, 0.15) is 9.75 Å². The maximum Gasteiger partial charge on any atom is 0.0303 e. The predicted octanol–water partition coefficient (Wildman–Crippen LogP) is 3.05. The molecule has 3 heteroatoms. The van der Waals surface area contributed by atoms with E-state index in [1.807, 2.05) is 11.3 Å². The van der Waals surface area contributed by atoms with Crippen molar-refractivity contribution in [3.63, 3.8) is 0 Å². The van der Waals surface area contributed by atoms with Gasteiger partial charge in [0, 0.05) is 27.3 Å². The molecule has 12 heavy (non-hydrogen) atoms. The maximum atomic E-state index is 3.75. The van der Waals surface area contributed by atoms with E-state index < -0.39 is 0 Å². The molecule has 0 spiro atoms. The summed E-state index contributed by atoms with van der Waals surface area (Å²) in [5.74, 6) is 0. The molecule has 1 N–H and O–H groups in total. The molecule has 1 heterocycles. The van der Waals surface area contributed by atoms with Crippen LogP contribution in [0, 0.1) is 6.92 Å². The zero-order chi connectivity index (χ0) is 8.97. The molecule has 0 aliphatic carbocycles. The summed E-state index contributed by atoms with van der Waals surface area (Å²) in [6.45, 7) is 7.64. The van der Waals surface area contributed by atoms with Gasteiger partial charge in [0.1, 0.15) is 0 Å². The zero-order valence-electron chi connectivity index (χ0n) is 7.06. The molecule has 0 amide bonds. The lowest BCUT2D eigenvalue weighted by atomic mass is 10.4. The molecule has 0 unspecified atom stereocenters. The molecule has 0 aromatic carbocycles. The van der Waals surface area contributed by atoms with Crippen molar-refractivity contribution in [1.29, 1.82) is 0 Å². The lowest BCUT2D eigenvalue weighted by Crippen LogP contribution is -2.13. The fourth-order valence-electron chi connectivity index (χ4n) is 0.901. The van der Waals surface area contributed by atoms with Crippen LogP contribution in [0.25, 0.3) is 0 Å². The van der Waals surface area contributed by atoms with Gasteiger partial charge in [-0.1, -0.05) is 22.5 Å². The average Bonchev–Trinajstić information content (AvgIpc) is 2.35. The monoisotopic (exact) mass is 245 g/mol. The third-order valence-electron chi connectivity index (χ3n) is 1.41. The largest absolute Gasteiger partial charge is 0.307 e. The highest BCUT2D eigenvalue weighted by Gasteiger charge is 1.95. The third kappa shape index (κ3) is 3.52. The van der Waals surface area contributed by atoms with Crippen molar-refractivity contribution in [2.24, 2.45) is 0 Å². The number of thiophene rings is 1. The molecule has 0 fully saturated rings. The van der Waals surface area contributed by atoms with Gasteiger partial charge in [0.05, 0.1) is 0 Å². The van der Waals surface area contributed by atoms with E-state index in [9.17, 15) is 0 Å². The Kier molecular flexibility index (Phi) is 3.98. The highest BCUT2D eigenvalue weighted by atomic mass is 79.9. The van der Waals surface area contributed by atoms with Gasteiger partial charge in [-0.15, -0.1) is 11.3 Å². The topological polar surface area (TPSA) is 12.0 Å². The first-order valence-electron chi connectivity index (χ1n) is 3.78. The molecule has 0 saturated heterocycles. The van der Waals surface area contributed by atoms with Crippen molar-refractivity contribution in [2.75, 3.05) is 6.54 Å². The fourth-order valence-corrected chi connectivity index (χ4v) is 1.96. The van der Waals surface area contributed by atoms with E-state index >= 15 is 0 Å². The zero-order valence-corrected chi connectivity index (χ0v) is 9.46. The van der Waals surface area contributed by atoms with Crippen LogP contribution in [0.15, 0.2) is 23.2 Å². The Hall–Kier alpha value is -0.120. The second-order valence-corrected chi connectivity index (χ2v) is 5.13. The van der Waals surface area contributed by atoms with Crippen LogP contribution < -0.4 is 5.32 Å². The smallest absolute Gasteiger partial charge is 0.0303 e. The van der Waals surface area contributed by atoms with Crippen LogP contribution in [0.5, 0.6) is 0 Å². The molecule has 1 nitrogen and oxygen atoms in total. The number of hydrogen-bond acceptors (Lipinski definition) is 2. The van der Waals surface area contributed by atoms with E-state index in [0.29, 0.717) is 0 Å². The first kappa shape index (κ1) is 9.96. The molecular formula is C9H12BrNS. The number of aryl methyl sites for hydroxylation is 1. The summed E-state index contributed by atoms with van der Waals surface area (Å²) in [6.07, 6.45) is 0. The molecule has 1 aromatic rings. The second-order valence-electron chi connectivity index (χ2n) is 2.63. The van der Waals surface area contributed by atoms with Crippen molar-refractivity contribution in [3.8, 4) is 0 Å². The molecule has 0 atom stereocenters. The van der Waals surface area contributed by atoms with E-state index in [-0.39, 0.29) is 0 Å². The molecule has 1 aromatic heterocycles. The van der Waals surface area contributed by atoms with E-state index in [4.69, 9.17) is 0 Å². The van der Waals surface area contributed by atoms with Crippen molar-refractivity contribution >= 4 is 27.3 Å². The molecule has 0 aliphatic heterocycles. The Morgan fingerprint density at radius 3 is 2.92 bits per heavy atom. The minimum Gasteiger partial charge on any atom is -0.307 e. The first-order chi connectivity index (χ1) is 5.68. The van der Waals surface area contributed by atoms with Crippen molar-refractivity contribution < 1.29 is 0 Å². The van der Waals surface area contributed by atoms with E-state index in [1.54, 1.807) is 0 Å². The molecule has 66 valence electrons. The first-order valence-corrected chi connectivity index (χ1v) is 5.39. The minimum absolute atomic E-state index is 0.830. The number of rotatable bonds is 4. The quantitative estimate of drug-likeness (QED) is 0.860. The summed E-state index contributed by atoms with van der Waals surface area (Å²) in [6, 6.07) is 4.30. The summed E-state index contributed by atoms with van der Waals surface area (Å²) >= 11 is 5.13. The predicted molar refractivity (Wildman–Crippen MR) is 58.8 cm³/mol. The van der Waals surface area contributed by atoms with Gasteiger partial charge in [0.2, 0.25) is 0 Å². The SMILES string of the molecule is C=C(Br)CNCc1ccc(C)s1. The normalized spacial score (nSPS) is 10.2. The van der Waals surface area contributed by atoms with Crippen molar-refractivity contribution in [1.82, 2.24) is 5.32 Å². The van der Waals surface area contributed by atoms with Crippen LogP contribution >= 0.6 is 27.3 Å². The number of halogens is 1. The third-order valence-corrected chi connectivity index (χ3v) is 2.69. The van der Waals surface area contributed by atoms with Gasteiger partial charge in [0.15, 0.2) is 0 Å². The van der Waals surface area contributed by atoms with Gasteiger partial charge in [-0.3, -0.25) is 0 Å². The molecular weight excluding hydrogens is 234 g/mol. The minimum atomic E-state index is 0.830. The van der Waals surface area contributed by atoms with Gasteiger partial charge in [-0.25, -0.2) is 0 Å². The molecule has 1 rings (SSSR count). The average molecular weight is 246 g/mol. The summed E-state index contributed by atoms with van der Waals surface area (Å²) in [7, 11) is 0. The number of hydrogen-bond donors (Lipinski definition) is 1. The fraction of sp³-hybridized carbons (Fsp3) is 0.333. The summed E-state index contributed by atoms with van der Waals surface area (Å²) < 4.78 is 0.996. The van der Waals surface area contributed by atoms with E-state index in [1.165, 1.54) is 9.75 Å². The van der Waals surface area contributed by atoms with Gasteiger partial charge in [-0.05, 0) is 19.1 Å². The highest BCUT2D eigenvalue weighted by Crippen LogP contribution is 2.14. The Bertz CT molecular complexity index is 267. The van der Waals surface area contributed by atoms with Crippen LogP contribution in [0.4, 0.5) is 0 Å². The van der Waals surface area contributed by atoms with Gasteiger partial charge in [0.25, 0.3) is 0 Å². The maximum absolute atomic E-state index is 3.75. The standard InChI is InChI=1S/C9H12BrNS/c1-7(10)5-11-6-9-4-3-8(2)12-9/h3-4,11H,1,5-6H2,2H3. The van der Waals surface area contributed by atoms with Gasteiger partial charge in [-0.2, -0.15) is 0 Å². The lowest BCUT2D eigenvalue weighted by molar-refractivity contribution is 0.767. The van der Waals surface area contributed by atoms with Crippen molar-refractivity contribution in [2.45, 2.75) is 13.5 Å². The Morgan fingerprint density at radius 2 is 2.42 bits per heavy atom. The lowest BCUT2D eigenvalue weighted by Gasteiger charge is -1.99. The second kappa shape index (κ2) is 4.80. The summed E-state index contributed by atoms with van der Waals surface area (Å²) in [5, 5.41) is 3.28. The highest BCUT2D eigenvalue weighted by molar-refractivity contribution is 9.11. The summed E-state index contributed by atoms with van der Waals surface area (Å²) in [4.78, 5) is 2.74. The number of nitrogens with one attached hydrogen (secondary N) is 1. The molecule has 0 saturated carbocycles. The van der Waals surface area contributed by atoms with Crippen molar-refractivity contribution in [3.05, 3.63) is 32.9 Å². The molecule has 0 radical (unpaired) electrons.